The number of phenolic OH excluding ortho intramolecular Hbond substituents is 1. The van der Waals surface area contributed by atoms with Crippen LogP contribution in [0.25, 0.3) is 10.8 Å². The summed E-state index contributed by atoms with van der Waals surface area (Å²) in [5.74, 6) is -4.37. The van der Waals surface area contributed by atoms with Crippen molar-refractivity contribution >= 4 is 60.2 Å². The van der Waals surface area contributed by atoms with E-state index in [-0.39, 0.29) is 35.8 Å². The highest BCUT2D eigenvalue weighted by molar-refractivity contribution is 7.87. The quantitative estimate of drug-likeness (QED) is 0.0876. The first-order chi connectivity index (χ1) is 24.3. The van der Waals surface area contributed by atoms with Gasteiger partial charge in [-0.15, -0.1) is 10.2 Å². The van der Waals surface area contributed by atoms with Gasteiger partial charge in [0.15, 0.2) is 17.2 Å². The summed E-state index contributed by atoms with van der Waals surface area (Å²) in [4.78, 5) is 23.9. The third-order valence-electron chi connectivity index (χ3n) is 7.72. The molecule has 1 aromatic heterocycles. The lowest BCUT2D eigenvalue weighted by atomic mass is 9.89. The van der Waals surface area contributed by atoms with E-state index < -0.39 is 82.6 Å². The van der Waals surface area contributed by atoms with Crippen LogP contribution in [0.3, 0.4) is 0 Å². The van der Waals surface area contributed by atoms with Gasteiger partial charge in [-0.05, 0) is 36.2 Å². The summed E-state index contributed by atoms with van der Waals surface area (Å²) in [5, 5.41) is 30.8. The maximum Gasteiger partial charge on any atom is 0.418 e. The van der Waals surface area contributed by atoms with E-state index >= 15 is 0 Å². The Morgan fingerprint density at radius 2 is 1.73 bits per heavy atom. The molecular weight excluding hydrogens is 739 g/mol. The fraction of sp³-hybridized carbons (Fsp3) is 0.333. The second-order valence-electron chi connectivity index (χ2n) is 10.9. The first kappa shape index (κ1) is 39.6. The summed E-state index contributed by atoms with van der Waals surface area (Å²) in [6.07, 6.45) is -4.48. The Bertz CT molecular complexity index is 2240. The van der Waals surface area contributed by atoms with Crippen molar-refractivity contribution in [2.75, 3.05) is 26.6 Å². The standard InChI is InChI=1S/C30H32F3N7O10S2/c1-6-15(2)16(27(42)43)14-23-36-28(38-29(37-23)48-4)35-20-11-12-22(51(44,45)49-5)17-13-21(50-52(46,47)34-3)25(26(41)24(17)20)40-39-19-10-8-7-9-18(19)30(31,32)33/h7-13,15-16,34,41H,6,14H2,1-5H3,(H,42,43)(H,35,36,37,38). The number of aromatic hydroxyl groups is 1. The number of fused-ring (bicyclic) bond motifs is 1. The van der Waals surface area contributed by atoms with Crippen LogP contribution in [-0.4, -0.2) is 69.2 Å². The van der Waals surface area contributed by atoms with Crippen LogP contribution in [0.5, 0.6) is 17.5 Å². The van der Waals surface area contributed by atoms with Crippen LogP contribution < -0.4 is 19.0 Å². The predicted octanol–water partition coefficient (Wildman–Crippen LogP) is 5.38. The van der Waals surface area contributed by atoms with Crippen LogP contribution >= 0.6 is 0 Å². The van der Waals surface area contributed by atoms with Crippen molar-refractivity contribution in [1.29, 1.82) is 0 Å². The molecule has 1 heterocycles. The maximum atomic E-state index is 13.7. The number of alkyl halides is 3. The Hall–Kier alpha value is -5.19. The summed E-state index contributed by atoms with van der Waals surface area (Å²) < 4.78 is 109. The van der Waals surface area contributed by atoms with Crippen LogP contribution in [0.2, 0.25) is 0 Å². The van der Waals surface area contributed by atoms with E-state index in [4.69, 9.17) is 8.92 Å². The minimum atomic E-state index is -4.88. The second-order valence-corrected chi connectivity index (χ2v) is 14.1. The van der Waals surface area contributed by atoms with Crippen molar-refractivity contribution in [3.63, 3.8) is 0 Å². The number of nitrogens with one attached hydrogen (secondary N) is 2. The molecule has 22 heteroatoms. The lowest BCUT2D eigenvalue weighted by Gasteiger charge is -2.19. The molecular formula is C30H32F3N7O10S2. The fourth-order valence-electron chi connectivity index (χ4n) is 4.84. The Labute approximate surface area is 295 Å². The van der Waals surface area contributed by atoms with Gasteiger partial charge >= 0.3 is 28.5 Å². The zero-order valence-electron chi connectivity index (χ0n) is 28.0. The third kappa shape index (κ3) is 8.81. The molecule has 0 radical (unpaired) electrons. The van der Waals surface area contributed by atoms with Gasteiger partial charge < -0.3 is 24.4 Å². The van der Waals surface area contributed by atoms with E-state index in [2.05, 4.69) is 34.7 Å². The first-order valence-electron chi connectivity index (χ1n) is 15.0. The first-order valence-corrected chi connectivity index (χ1v) is 17.8. The fourth-order valence-corrected chi connectivity index (χ4v) is 6.13. The van der Waals surface area contributed by atoms with Crippen LogP contribution in [0.15, 0.2) is 57.6 Å². The van der Waals surface area contributed by atoms with Gasteiger partial charge in [0.05, 0.1) is 42.5 Å². The molecule has 4 aromatic rings. The Morgan fingerprint density at radius 1 is 1.04 bits per heavy atom. The Kier molecular flexibility index (Phi) is 11.9. The third-order valence-corrected chi connectivity index (χ3v) is 9.95. The molecule has 0 fully saturated rings. The average molecular weight is 772 g/mol. The molecule has 4 N–H and O–H groups in total. The zero-order chi connectivity index (χ0) is 38.6. The van der Waals surface area contributed by atoms with Gasteiger partial charge in [-0.3, -0.25) is 8.98 Å². The highest BCUT2D eigenvalue weighted by Gasteiger charge is 2.34. The van der Waals surface area contributed by atoms with E-state index in [0.717, 1.165) is 50.6 Å². The van der Waals surface area contributed by atoms with Crippen LogP contribution in [-0.2, 0) is 42.0 Å². The van der Waals surface area contributed by atoms with Gasteiger partial charge in [0.1, 0.15) is 10.7 Å². The van der Waals surface area contributed by atoms with Crippen molar-refractivity contribution in [3.05, 3.63) is 53.9 Å². The monoisotopic (exact) mass is 771 g/mol. The van der Waals surface area contributed by atoms with Gasteiger partial charge in [0, 0.05) is 18.9 Å². The molecule has 17 nitrogen and oxygen atoms in total. The number of carbonyl (C=O) groups is 1. The number of halogens is 3. The summed E-state index contributed by atoms with van der Waals surface area (Å²) in [7, 11) is -6.20. The van der Waals surface area contributed by atoms with Gasteiger partial charge in [-0.1, -0.05) is 32.4 Å². The number of phenols is 1. The number of anilines is 2. The van der Waals surface area contributed by atoms with Crippen LogP contribution in [0, 0.1) is 11.8 Å². The molecule has 0 amide bonds. The van der Waals surface area contributed by atoms with Crippen molar-refractivity contribution in [1.82, 2.24) is 19.7 Å². The normalized spacial score (nSPS) is 13.6. The van der Waals surface area contributed by atoms with Gasteiger partial charge in [0.25, 0.3) is 10.1 Å². The molecule has 2 atom stereocenters. The zero-order valence-corrected chi connectivity index (χ0v) is 29.6. The average Bonchev–Trinajstić information content (AvgIpc) is 3.09. The summed E-state index contributed by atoms with van der Waals surface area (Å²) in [5.41, 5.74) is -2.91. The van der Waals surface area contributed by atoms with Crippen molar-refractivity contribution in [2.24, 2.45) is 22.1 Å². The lowest BCUT2D eigenvalue weighted by Crippen LogP contribution is -2.25. The molecule has 280 valence electrons. The molecule has 0 aliphatic heterocycles. The number of rotatable bonds is 15. The van der Waals surface area contributed by atoms with Gasteiger partial charge in [-0.2, -0.15) is 49.7 Å². The number of hydrogen-bond donors (Lipinski definition) is 4. The van der Waals surface area contributed by atoms with E-state index in [1.807, 2.05) is 11.6 Å². The minimum Gasteiger partial charge on any atom is -0.505 e. The molecule has 4 rings (SSSR count). The molecule has 0 bridgehead atoms. The number of methoxy groups -OCH3 is 1. The largest absolute Gasteiger partial charge is 0.505 e. The number of ether oxygens (including phenoxy) is 1. The molecule has 0 saturated heterocycles. The molecule has 0 aliphatic carbocycles. The van der Waals surface area contributed by atoms with Crippen molar-refractivity contribution in [2.45, 2.75) is 37.8 Å². The van der Waals surface area contributed by atoms with E-state index in [9.17, 15) is 45.0 Å². The molecule has 0 spiro atoms. The highest BCUT2D eigenvalue weighted by Crippen LogP contribution is 2.49. The predicted molar refractivity (Wildman–Crippen MR) is 178 cm³/mol. The molecule has 2 unspecified atom stereocenters. The topological polar surface area (TPSA) is 241 Å². The van der Waals surface area contributed by atoms with Crippen LogP contribution in [0.1, 0.15) is 31.7 Å². The Balaban J connectivity index is 2.02. The summed E-state index contributed by atoms with van der Waals surface area (Å²) in [6.45, 7) is 3.57. The number of benzene rings is 3. The highest BCUT2D eigenvalue weighted by atomic mass is 32.2. The second kappa shape index (κ2) is 15.6. The number of hydrogen-bond acceptors (Lipinski definition) is 15. The summed E-state index contributed by atoms with van der Waals surface area (Å²) >= 11 is 0. The van der Waals surface area contributed by atoms with Crippen LogP contribution in [0.4, 0.5) is 36.2 Å². The number of carboxylic acids is 1. The maximum absolute atomic E-state index is 13.7. The molecule has 3 aromatic carbocycles. The Morgan fingerprint density at radius 3 is 2.33 bits per heavy atom. The number of carboxylic acid groups (broad SMARTS) is 1. The van der Waals surface area contributed by atoms with E-state index in [0.29, 0.717) is 6.42 Å². The number of azo groups is 1. The van der Waals surface area contributed by atoms with E-state index in [1.54, 1.807) is 6.92 Å². The molecule has 0 aliphatic rings. The molecule has 0 saturated carbocycles. The lowest BCUT2D eigenvalue weighted by molar-refractivity contribution is -0.143. The number of aliphatic carboxylic acids is 1. The van der Waals surface area contributed by atoms with Crippen molar-refractivity contribution < 1.29 is 58.1 Å². The SMILES string of the molecule is CCC(C)C(Cc1nc(Nc2ccc(S(=O)(=O)OC)c3cc(OS(=O)(=O)NC)c(N=Nc4ccccc4C(F)(F)F)c(O)c23)nc(OC)n1)C(=O)O. The number of aromatic nitrogens is 3. The van der Waals surface area contributed by atoms with Crippen molar-refractivity contribution in [3.8, 4) is 17.5 Å². The molecule has 52 heavy (non-hydrogen) atoms. The summed E-state index contributed by atoms with van der Waals surface area (Å²) in [6, 6.07) is 6.81. The van der Waals surface area contributed by atoms with E-state index in [1.165, 1.54) is 13.2 Å². The number of nitrogens with zero attached hydrogens (tertiary/aromatic N) is 5. The minimum absolute atomic E-state index is 0.0000594. The van der Waals surface area contributed by atoms with Gasteiger partial charge in [-0.25, -0.2) is 0 Å². The smallest absolute Gasteiger partial charge is 0.418 e. The van der Waals surface area contributed by atoms with Gasteiger partial charge in [0.2, 0.25) is 5.95 Å².